The minimum absolute atomic E-state index is 0.0822. The van der Waals surface area contributed by atoms with Crippen LogP contribution in [0.4, 0.5) is 0 Å². The predicted molar refractivity (Wildman–Crippen MR) is 76.1 cm³/mol. The fourth-order valence-corrected chi connectivity index (χ4v) is 3.16. The van der Waals surface area contributed by atoms with Crippen LogP contribution in [0.15, 0.2) is 12.1 Å². The summed E-state index contributed by atoms with van der Waals surface area (Å²) in [5.41, 5.74) is 0.605. The van der Waals surface area contributed by atoms with Gasteiger partial charge in [-0.15, -0.1) is 0 Å². The van der Waals surface area contributed by atoms with Gasteiger partial charge in [-0.3, -0.25) is 0 Å². The molecule has 1 atom stereocenters. The highest BCUT2D eigenvalue weighted by Crippen LogP contribution is 2.41. The van der Waals surface area contributed by atoms with Crippen molar-refractivity contribution < 1.29 is 23.0 Å². The third-order valence-corrected chi connectivity index (χ3v) is 5.28. The largest absolute Gasteiger partial charge is 0.454 e. The van der Waals surface area contributed by atoms with Crippen LogP contribution in [0.25, 0.3) is 0 Å². The summed E-state index contributed by atoms with van der Waals surface area (Å²) in [6, 6.07) is 3.29. The van der Waals surface area contributed by atoms with Crippen molar-refractivity contribution in [3.8, 4) is 11.5 Å². The highest BCUT2D eigenvalue weighted by Gasteiger charge is 2.21. The molecular formula is C13H17ClO5S. The molecule has 0 saturated carbocycles. The second kappa shape index (κ2) is 6.20. The molecule has 20 heavy (non-hydrogen) atoms. The van der Waals surface area contributed by atoms with Crippen molar-refractivity contribution >= 4 is 21.4 Å². The standard InChI is InChI=1S/C13H17ClO5S/c1-2-20(16,17)5-3-4-11(15)9-6-10(14)13-12(7-9)18-8-19-13/h6-7,11,15H,2-5,8H2,1H3. The van der Waals surface area contributed by atoms with Gasteiger partial charge in [0.2, 0.25) is 6.79 Å². The second-order valence-electron chi connectivity index (χ2n) is 4.63. The highest BCUT2D eigenvalue weighted by molar-refractivity contribution is 7.91. The van der Waals surface area contributed by atoms with Crippen LogP contribution in [0.1, 0.15) is 31.4 Å². The summed E-state index contributed by atoms with van der Waals surface area (Å²) in [5.74, 6) is 1.20. The zero-order valence-corrected chi connectivity index (χ0v) is 12.7. The predicted octanol–water partition coefficient (Wildman–Crippen LogP) is 2.32. The first-order valence-electron chi connectivity index (χ1n) is 6.40. The average Bonchev–Trinajstić information content (AvgIpc) is 2.87. The number of hydrogen-bond donors (Lipinski definition) is 1. The van der Waals surface area contributed by atoms with E-state index >= 15 is 0 Å². The Balaban J connectivity index is 2.00. The molecule has 0 radical (unpaired) electrons. The van der Waals surface area contributed by atoms with Gasteiger partial charge in [-0.2, -0.15) is 0 Å². The molecule has 112 valence electrons. The van der Waals surface area contributed by atoms with Crippen LogP contribution in [-0.2, 0) is 9.84 Å². The molecule has 1 unspecified atom stereocenters. The van der Waals surface area contributed by atoms with E-state index in [1.54, 1.807) is 19.1 Å². The Kier molecular flexibility index (Phi) is 4.78. The number of fused-ring (bicyclic) bond motifs is 1. The van der Waals surface area contributed by atoms with E-state index in [9.17, 15) is 13.5 Å². The molecule has 0 amide bonds. The first kappa shape index (κ1) is 15.4. The Morgan fingerprint density at radius 3 is 2.85 bits per heavy atom. The quantitative estimate of drug-likeness (QED) is 0.870. The molecule has 0 bridgehead atoms. The van der Waals surface area contributed by atoms with Gasteiger partial charge < -0.3 is 14.6 Å². The lowest BCUT2D eigenvalue weighted by Crippen LogP contribution is -2.10. The van der Waals surface area contributed by atoms with Crippen molar-refractivity contribution in [3.63, 3.8) is 0 Å². The Labute approximate surface area is 123 Å². The molecule has 0 fully saturated rings. The van der Waals surface area contributed by atoms with Crippen LogP contribution in [0.5, 0.6) is 11.5 Å². The van der Waals surface area contributed by atoms with Gasteiger partial charge in [0.1, 0.15) is 9.84 Å². The molecule has 7 heteroatoms. The summed E-state index contributed by atoms with van der Waals surface area (Å²) < 4.78 is 33.2. The highest BCUT2D eigenvalue weighted by atomic mass is 35.5. The third-order valence-electron chi connectivity index (χ3n) is 3.21. The molecule has 1 N–H and O–H groups in total. The lowest BCUT2D eigenvalue weighted by atomic mass is 10.0. The average molecular weight is 321 g/mol. The monoisotopic (exact) mass is 320 g/mol. The summed E-state index contributed by atoms with van der Waals surface area (Å²) in [4.78, 5) is 0. The van der Waals surface area contributed by atoms with E-state index in [1.807, 2.05) is 0 Å². The smallest absolute Gasteiger partial charge is 0.231 e. The van der Waals surface area contributed by atoms with E-state index < -0.39 is 15.9 Å². The minimum atomic E-state index is -3.00. The molecule has 0 aliphatic carbocycles. The maximum absolute atomic E-state index is 11.4. The van der Waals surface area contributed by atoms with Gasteiger partial charge in [0.25, 0.3) is 0 Å². The molecule has 1 aliphatic heterocycles. The Morgan fingerprint density at radius 1 is 1.40 bits per heavy atom. The first-order chi connectivity index (χ1) is 9.43. The van der Waals surface area contributed by atoms with Gasteiger partial charge in [0.15, 0.2) is 11.5 Å². The van der Waals surface area contributed by atoms with E-state index in [-0.39, 0.29) is 18.3 Å². The fraction of sp³-hybridized carbons (Fsp3) is 0.538. The molecule has 0 spiro atoms. The van der Waals surface area contributed by atoms with Crippen LogP contribution in [0.3, 0.4) is 0 Å². The SMILES string of the molecule is CCS(=O)(=O)CCCC(O)c1cc(Cl)c2c(c1)OCO2. The number of benzene rings is 1. The maximum atomic E-state index is 11.4. The summed E-state index contributed by atoms with van der Waals surface area (Å²) in [6.07, 6.45) is -0.00689. The first-order valence-corrected chi connectivity index (χ1v) is 8.60. The minimum Gasteiger partial charge on any atom is -0.454 e. The summed E-state index contributed by atoms with van der Waals surface area (Å²) in [6.45, 7) is 1.73. The topological polar surface area (TPSA) is 72.8 Å². The molecule has 1 heterocycles. The molecule has 0 aromatic heterocycles. The van der Waals surface area contributed by atoms with Crippen molar-refractivity contribution in [2.45, 2.75) is 25.9 Å². The maximum Gasteiger partial charge on any atom is 0.231 e. The number of rotatable bonds is 6. The van der Waals surface area contributed by atoms with Crippen molar-refractivity contribution in [1.82, 2.24) is 0 Å². The van der Waals surface area contributed by atoms with E-state index in [1.165, 1.54) is 0 Å². The Bertz CT molecular complexity index is 585. The van der Waals surface area contributed by atoms with Gasteiger partial charge in [-0.1, -0.05) is 18.5 Å². The third kappa shape index (κ3) is 3.56. The van der Waals surface area contributed by atoms with Crippen molar-refractivity contribution in [1.29, 1.82) is 0 Å². The molecule has 2 rings (SSSR count). The van der Waals surface area contributed by atoms with Crippen molar-refractivity contribution in [3.05, 3.63) is 22.7 Å². The van der Waals surface area contributed by atoms with Crippen LogP contribution in [-0.4, -0.2) is 31.8 Å². The van der Waals surface area contributed by atoms with Gasteiger partial charge in [-0.25, -0.2) is 8.42 Å². The lowest BCUT2D eigenvalue weighted by molar-refractivity contribution is 0.165. The van der Waals surface area contributed by atoms with Crippen LogP contribution < -0.4 is 9.47 Å². The molecule has 1 aromatic carbocycles. The van der Waals surface area contributed by atoms with Gasteiger partial charge in [0, 0.05) is 5.75 Å². The summed E-state index contributed by atoms with van der Waals surface area (Å²) in [5, 5.41) is 10.5. The summed E-state index contributed by atoms with van der Waals surface area (Å²) in [7, 11) is -3.00. The van der Waals surface area contributed by atoms with E-state index in [0.29, 0.717) is 34.9 Å². The van der Waals surface area contributed by atoms with Gasteiger partial charge >= 0.3 is 0 Å². The number of aliphatic hydroxyl groups excluding tert-OH is 1. The second-order valence-corrected chi connectivity index (χ2v) is 7.51. The lowest BCUT2D eigenvalue weighted by Gasteiger charge is -2.12. The van der Waals surface area contributed by atoms with E-state index in [2.05, 4.69) is 0 Å². The Morgan fingerprint density at radius 2 is 2.15 bits per heavy atom. The molecule has 0 saturated heterocycles. The van der Waals surface area contributed by atoms with Crippen LogP contribution in [0.2, 0.25) is 5.02 Å². The number of hydrogen-bond acceptors (Lipinski definition) is 5. The van der Waals surface area contributed by atoms with Crippen molar-refractivity contribution in [2.75, 3.05) is 18.3 Å². The normalized spacial score (nSPS) is 15.3. The molecular weight excluding hydrogens is 304 g/mol. The summed E-state index contributed by atoms with van der Waals surface area (Å²) >= 11 is 6.04. The number of ether oxygens (including phenoxy) is 2. The van der Waals surface area contributed by atoms with Gasteiger partial charge in [0.05, 0.1) is 16.9 Å². The fourth-order valence-electron chi connectivity index (χ4n) is 1.99. The van der Waals surface area contributed by atoms with Crippen LogP contribution in [0, 0.1) is 0 Å². The molecule has 1 aromatic rings. The molecule has 5 nitrogen and oxygen atoms in total. The van der Waals surface area contributed by atoms with Gasteiger partial charge in [-0.05, 0) is 30.5 Å². The zero-order valence-electron chi connectivity index (χ0n) is 11.1. The molecule has 1 aliphatic rings. The number of aliphatic hydroxyl groups is 1. The number of sulfone groups is 1. The zero-order chi connectivity index (χ0) is 14.8. The van der Waals surface area contributed by atoms with Crippen LogP contribution >= 0.6 is 11.6 Å². The van der Waals surface area contributed by atoms with E-state index in [4.69, 9.17) is 21.1 Å². The Hall–Kier alpha value is -0.980. The van der Waals surface area contributed by atoms with Crippen molar-refractivity contribution in [2.24, 2.45) is 0 Å². The number of halogens is 1. The van der Waals surface area contributed by atoms with E-state index in [0.717, 1.165) is 0 Å².